The van der Waals surface area contributed by atoms with Gasteiger partial charge in [-0.05, 0) is 147 Å². The number of hydrogen-bond acceptors (Lipinski definition) is 0. The Labute approximate surface area is 384 Å². The second kappa shape index (κ2) is 17.7. The second-order valence-electron chi connectivity index (χ2n) is 19.7. The van der Waals surface area contributed by atoms with Gasteiger partial charge in [0.05, 0.1) is 0 Å². The lowest BCUT2D eigenvalue weighted by Crippen LogP contribution is -2.15. The lowest BCUT2D eigenvalue weighted by Gasteiger charge is -2.28. The first-order valence-electron chi connectivity index (χ1n) is 23.8. The highest BCUT2D eigenvalue weighted by Gasteiger charge is 2.36. The van der Waals surface area contributed by atoms with Gasteiger partial charge < -0.3 is 0 Å². The van der Waals surface area contributed by atoms with Crippen molar-refractivity contribution in [3.63, 3.8) is 0 Å². The van der Waals surface area contributed by atoms with Crippen molar-refractivity contribution in [3.8, 4) is 55.6 Å². The molecule has 0 heteroatoms. The molecule has 0 amide bonds. The van der Waals surface area contributed by atoms with Crippen molar-refractivity contribution in [2.24, 2.45) is 0 Å². The van der Waals surface area contributed by atoms with E-state index in [0.29, 0.717) is 0 Å². The van der Waals surface area contributed by atoms with Crippen LogP contribution in [-0.4, -0.2) is 0 Å². The van der Waals surface area contributed by atoms with Crippen LogP contribution in [0.1, 0.15) is 116 Å². The Hall–Kier alpha value is -6.24. The molecule has 0 spiro atoms. The summed E-state index contributed by atoms with van der Waals surface area (Å²) in [4.78, 5) is 0. The highest BCUT2D eigenvalue weighted by Crippen LogP contribution is 2.50. The molecule has 0 saturated heterocycles. The first kappa shape index (κ1) is 43.0. The zero-order valence-electron chi connectivity index (χ0n) is 39.4. The van der Waals surface area contributed by atoms with E-state index in [-0.39, 0.29) is 10.8 Å². The molecule has 0 heterocycles. The summed E-state index contributed by atoms with van der Waals surface area (Å²) in [5.41, 5.74) is 26.7. The van der Waals surface area contributed by atoms with Crippen LogP contribution in [0.4, 0.5) is 0 Å². The van der Waals surface area contributed by atoms with E-state index in [1.165, 1.54) is 138 Å². The average molecular weight is 833 g/mol. The third-order valence-electron chi connectivity index (χ3n) is 14.6. The molecule has 8 aromatic carbocycles. The predicted molar refractivity (Wildman–Crippen MR) is 276 cm³/mol. The van der Waals surface area contributed by atoms with E-state index in [1.54, 1.807) is 0 Å². The Balaban J connectivity index is 0.000000130. The Morgan fingerprint density at radius 2 is 0.875 bits per heavy atom. The van der Waals surface area contributed by atoms with Crippen molar-refractivity contribution in [2.45, 2.75) is 104 Å². The van der Waals surface area contributed by atoms with Gasteiger partial charge in [-0.1, -0.05) is 228 Å². The van der Waals surface area contributed by atoms with Crippen LogP contribution in [0.25, 0.3) is 55.6 Å². The summed E-state index contributed by atoms with van der Waals surface area (Å²) in [5.74, 6) is 0.734. The number of rotatable bonds is 6. The molecule has 0 N–H and O–H groups in total. The van der Waals surface area contributed by atoms with Gasteiger partial charge in [0.1, 0.15) is 0 Å². The van der Waals surface area contributed by atoms with Crippen LogP contribution in [0.15, 0.2) is 176 Å². The molecule has 0 atom stereocenters. The molecule has 0 unspecified atom stereocenters. The summed E-state index contributed by atoms with van der Waals surface area (Å²) >= 11 is 0. The van der Waals surface area contributed by atoms with E-state index >= 15 is 0 Å². The van der Waals surface area contributed by atoms with Gasteiger partial charge in [0.15, 0.2) is 0 Å². The minimum Gasteiger partial charge on any atom is -0.0651 e. The van der Waals surface area contributed by atoms with Crippen molar-refractivity contribution in [2.75, 3.05) is 0 Å². The van der Waals surface area contributed by atoms with Crippen LogP contribution in [0.3, 0.4) is 0 Å². The van der Waals surface area contributed by atoms with E-state index in [0.717, 1.165) is 5.92 Å². The summed E-state index contributed by atoms with van der Waals surface area (Å²) in [6.45, 7) is 18.1. The van der Waals surface area contributed by atoms with Crippen LogP contribution in [0.2, 0.25) is 0 Å². The van der Waals surface area contributed by atoms with Gasteiger partial charge in [0.2, 0.25) is 0 Å². The van der Waals surface area contributed by atoms with Crippen LogP contribution >= 0.6 is 0 Å². The quantitative estimate of drug-likeness (QED) is 0.157. The molecular formula is C64H64. The number of benzene rings is 8. The highest BCUT2D eigenvalue weighted by atomic mass is 14.4. The Bertz CT molecular complexity index is 2930. The van der Waals surface area contributed by atoms with E-state index in [9.17, 15) is 0 Å². The Morgan fingerprint density at radius 3 is 1.45 bits per heavy atom. The van der Waals surface area contributed by atoms with Gasteiger partial charge in [-0.3, -0.25) is 0 Å². The van der Waals surface area contributed by atoms with Crippen LogP contribution < -0.4 is 0 Å². The van der Waals surface area contributed by atoms with E-state index < -0.39 is 0 Å². The summed E-state index contributed by atoms with van der Waals surface area (Å²) < 4.78 is 0. The van der Waals surface area contributed by atoms with Gasteiger partial charge in [0.25, 0.3) is 0 Å². The first-order chi connectivity index (χ1) is 30.9. The molecule has 0 bridgehead atoms. The molecule has 3 aliphatic carbocycles. The van der Waals surface area contributed by atoms with Crippen LogP contribution in [0.5, 0.6) is 0 Å². The minimum atomic E-state index is 0.148. The molecule has 8 aromatic rings. The fraction of sp³-hybridized carbons (Fsp3) is 0.250. The van der Waals surface area contributed by atoms with Crippen LogP contribution in [0, 0.1) is 20.8 Å². The summed E-state index contributed by atoms with van der Waals surface area (Å²) in [5, 5.41) is 0. The molecule has 0 radical (unpaired) electrons. The van der Waals surface area contributed by atoms with Gasteiger partial charge in [0, 0.05) is 10.8 Å². The molecule has 1 saturated carbocycles. The lowest BCUT2D eigenvalue weighted by molar-refractivity contribution is 0.420. The van der Waals surface area contributed by atoms with Gasteiger partial charge in [-0.25, -0.2) is 0 Å². The van der Waals surface area contributed by atoms with E-state index in [1.807, 2.05) is 0 Å². The smallest absolute Gasteiger partial charge is 0.0158 e. The van der Waals surface area contributed by atoms with Gasteiger partial charge >= 0.3 is 0 Å². The maximum Gasteiger partial charge on any atom is 0.0158 e. The summed E-state index contributed by atoms with van der Waals surface area (Å²) in [6, 6.07) is 65.1. The summed E-state index contributed by atoms with van der Waals surface area (Å²) in [6.07, 6.45) is 6.42. The van der Waals surface area contributed by atoms with Crippen molar-refractivity contribution < 1.29 is 0 Å². The van der Waals surface area contributed by atoms with Crippen LogP contribution in [-0.2, 0) is 17.3 Å². The highest BCUT2D eigenvalue weighted by molar-refractivity contribution is 5.82. The van der Waals surface area contributed by atoms with E-state index in [2.05, 4.69) is 231 Å². The first-order valence-corrected chi connectivity index (χ1v) is 23.8. The molecule has 0 aromatic heterocycles. The summed E-state index contributed by atoms with van der Waals surface area (Å²) in [7, 11) is 0. The van der Waals surface area contributed by atoms with Gasteiger partial charge in [-0.15, -0.1) is 0 Å². The molecule has 1 fully saturated rings. The monoisotopic (exact) mass is 833 g/mol. The van der Waals surface area contributed by atoms with Crippen molar-refractivity contribution in [1.29, 1.82) is 0 Å². The minimum absolute atomic E-state index is 0.148. The normalized spacial score (nSPS) is 14.7. The molecule has 0 aliphatic heterocycles. The maximum atomic E-state index is 2.42. The lowest BCUT2D eigenvalue weighted by atomic mass is 9.76. The van der Waals surface area contributed by atoms with Crippen molar-refractivity contribution in [3.05, 3.63) is 226 Å². The zero-order chi connectivity index (χ0) is 44.6. The zero-order valence-corrected chi connectivity index (χ0v) is 39.4. The fourth-order valence-electron chi connectivity index (χ4n) is 10.5. The Morgan fingerprint density at radius 1 is 0.406 bits per heavy atom. The molecular weight excluding hydrogens is 769 g/mol. The van der Waals surface area contributed by atoms with Crippen molar-refractivity contribution >= 4 is 0 Å². The number of fused-ring (bicyclic) bond motifs is 6. The van der Waals surface area contributed by atoms with Gasteiger partial charge in [-0.2, -0.15) is 0 Å². The topological polar surface area (TPSA) is 0 Å². The third-order valence-corrected chi connectivity index (χ3v) is 14.6. The number of hydrogen-bond donors (Lipinski definition) is 0. The largest absolute Gasteiger partial charge is 0.0651 e. The Kier molecular flexibility index (Phi) is 11.9. The molecule has 64 heavy (non-hydrogen) atoms. The maximum absolute atomic E-state index is 2.42. The molecule has 0 nitrogen and oxygen atoms in total. The SMILES string of the molecule is CCCc1ccc2c(c1)C(C)(C)c1ccccc1-2.Cc1ccc(-c2ccc(-c3ccc(C)c(-c4ccccc4C4CCC4)c3)cc2)cc1.Cc1ccc2c(c1)C(C)(C)c1ccccc1-2. The van der Waals surface area contributed by atoms with Crippen molar-refractivity contribution in [1.82, 2.24) is 0 Å². The predicted octanol–water partition coefficient (Wildman–Crippen LogP) is 17.8. The second-order valence-corrected chi connectivity index (χ2v) is 19.7. The molecule has 320 valence electrons. The third kappa shape index (κ3) is 8.20. The van der Waals surface area contributed by atoms with E-state index in [4.69, 9.17) is 0 Å². The fourth-order valence-corrected chi connectivity index (χ4v) is 10.5. The number of aryl methyl sites for hydroxylation is 4. The molecule has 3 aliphatic rings. The average Bonchev–Trinajstić information content (AvgIpc) is 3.66. The molecule has 11 rings (SSSR count). The standard InChI is InChI=1S/C30H28.C18H20.C16H16/c1-21-10-13-23(14-11-21)24-16-18-25(19-17-24)27-15-12-22(2)30(20-27)29-9-4-3-8-28(29)26-6-5-7-26;1-4-7-13-10-11-15-14-8-5-6-9-16(14)18(2,3)17(15)12-13;1-11-8-9-13-12-6-4-5-7-14(12)16(2,3)15(13)10-11/h3-4,8-20,26H,5-7H2,1-2H3;5-6,8-12H,4,7H2,1-3H3;4-10H,1-3H3.